The lowest BCUT2D eigenvalue weighted by Gasteiger charge is -2.40. The van der Waals surface area contributed by atoms with E-state index in [-0.39, 0.29) is 6.04 Å². The molecule has 1 fully saturated rings. The van der Waals surface area contributed by atoms with Crippen LogP contribution in [-0.4, -0.2) is 63.2 Å². The molecule has 5 rings (SSSR count). The van der Waals surface area contributed by atoms with E-state index in [1.807, 2.05) is 37.9 Å². The second-order valence-corrected chi connectivity index (χ2v) is 10.3. The zero-order chi connectivity index (χ0) is 24.4. The lowest BCUT2D eigenvalue weighted by atomic mass is 9.93. The summed E-state index contributed by atoms with van der Waals surface area (Å²) in [5.74, 6) is 0.993. The van der Waals surface area contributed by atoms with Crippen LogP contribution >= 0.6 is 23.4 Å². The van der Waals surface area contributed by atoms with Gasteiger partial charge in [0.25, 0.3) is 0 Å². The van der Waals surface area contributed by atoms with E-state index in [0.29, 0.717) is 5.17 Å². The molecule has 0 bridgehead atoms. The number of aryl methyl sites for hydroxylation is 1. The number of imidazole rings is 1. The van der Waals surface area contributed by atoms with E-state index in [2.05, 4.69) is 49.7 Å². The molecule has 0 amide bonds. The predicted molar refractivity (Wildman–Crippen MR) is 147 cm³/mol. The van der Waals surface area contributed by atoms with Gasteiger partial charge in [0.05, 0.1) is 11.7 Å². The fourth-order valence-electron chi connectivity index (χ4n) is 5.13. The van der Waals surface area contributed by atoms with E-state index < -0.39 is 0 Å². The van der Waals surface area contributed by atoms with Gasteiger partial charge in [-0.1, -0.05) is 47.7 Å². The highest BCUT2D eigenvalue weighted by Crippen LogP contribution is 2.42. The molecule has 1 unspecified atom stereocenters. The number of piperazine rings is 1. The summed E-state index contributed by atoms with van der Waals surface area (Å²) >= 11 is 8.08. The van der Waals surface area contributed by atoms with Gasteiger partial charge < -0.3 is 9.47 Å². The molecule has 1 N–H and O–H groups in total. The Labute approximate surface area is 216 Å². The number of amidine groups is 1. The molecule has 3 aliphatic rings. The third kappa shape index (κ3) is 5.03. The maximum absolute atomic E-state index is 8.25. The molecule has 8 heteroatoms. The number of nitrogens with zero attached hydrogens (tertiary/aromatic N) is 5. The summed E-state index contributed by atoms with van der Waals surface area (Å²) in [7, 11) is 0. The van der Waals surface area contributed by atoms with E-state index in [0.717, 1.165) is 62.1 Å². The third-order valence-corrected chi connectivity index (χ3v) is 7.87. The number of hydrogen-bond donors (Lipinski definition) is 1. The Hall–Kier alpha value is -2.61. The summed E-state index contributed by atoms with van der Waals surface area (Å²) in [4.78, 5) is 14.2. The van der Waals surface area contributed by atoms with Crippen LogP contribution in [-0.2, 0) is 6.54 Å². The second kappa shape index (κ2) is 10.6. The summed E-state index contributed by atoms with van der Waals surface area (Å²) in [5.41, 5.74) is 6.04. The monoisotopic (exact) mass is 506 g/mol. The fraction of sp³-hybridized carbons (Fsp3) is 0.370. The molecule has 1 aliphatic carbocycles. The van der Waals surface area contributed by atoms with Crippen LogP contribution in [0.2, 0.25) is 5.02 Å². The number of allylic oxidation sites excluding steroid dienone is 5. The van der Waals surface area contributed by atoms with Gasteiger partial charge in [0.15, 0.2) is 5.17 Å². The largest absolute Gasteiger partial charge is 0.349 e. The topological polar surface area (TPSA) is 60.5 Å². The maximum Gasteiger partial charge on any atom is 0.156 e. The molecule has 0 saturated carbocycles. The second-order valence-electron chi connectivity index (χ2n) is 9.07. The molecule has 3 heterocycles. The minimum Gasteiger partial charge on any atom is -0.349 e. The highest BCUT2D eigenvalue weighted by Gasteiger charge is 2.33. The van der Waals surface area contributed by atoms with E-state index in [1.54, 1.807) is 0 Å². The van der Waals surface area contributed by atoms with Crippen molar-refractivity contribution in [2.75, 3.05) is 32.4 Å². The van der Waals surface area contributed by atoms with Gasteiger partial charge in [0.1, 0.15) is 5.82 Å². The van der Waals surface area contributed by atoms with Crippen LogP contribution in [0.15, 0.2) is 65.1 Å². The fourth-order valence-corrected chi connectivity index (χ4v) is 5.75. The quantitative estimate of drug-likeness (QED) is 0.335. The smallest absolute Gasteiger partial charge is 0.156 e. The molecular formula is C27H31ClN6S. The van der Waals surface area contributed by atoms with Gasteiger partial charge in [-0.2, -0.15) is 0 Å². The van der Waals surface area contributed by atoms with Gasteiger partial charge in [-0.15, -0.1) is 0 Å². The van der Waals surface area contributed by atoms with E-state index in [9.17, 15) is 0 Å². The number of aliphatic imine (C=N–C) groups is 1. The van der Waals surface area contributed by atoms with Crippen LogP contribution in [0.5, 0.6) is 0 Å². The summed E-state index contributed by atoms with van der Waals surface area (Å²) in [5, 5.41) is 9.64. The van der Waals surface area contributed by atoms with E-state index in [4.69, 9.17) is 22.0 Å². The van der Waals surface area contributed by atoms with Crippen molar-refractivity contribution in [1.82, 2.24) is 19.4 Å². The molecule has 1 aromatic heterocycles. The zero-order valence-electron chi connectivity index (χ0n) is 20.2. The van der Waals surface area contributed by atoms with E-state index >= 15 is 0 Å². The Morgan fingerprint density at radius 1 is 1.20 bits per heavy atom. The standard InChI is InChI=1S/C27H31ClN6S/c1-19-30-10-11-34(19)18-21-16-20-6-4-3-5-9-31-25(20)26(23-8-7-22(28)17-24(21)23)32-12-14-33(15-13-32)27(29)35-2/h3-4,7-11,16-17,26,29H,5-6,12-15,18H2,1-2H3. The normalized spacial score (nSPS) is 20.6. The first kappa shape index (κ1) is 24.1. The van der Waals surface area contributed by atoms with E-state index in [1.165, 1.54) is 34.0 Å². The van der Waals surface area contributed by atoms with Crippen molar-refractivity contribution in [2.24, 2.45) is 4.99 Å². The molecule has 1 saturated heterocycles. The Bertz CT molecular complexity index is 1230. The van der Waals surface area contributed by atoms with Crippen molar-refractivity contribution in [3.05, 3.63) is 82.1 Å². The number of fused-ring (bicyclic) bond motifs is 1. The van der Waals surface area contributed by atoms with Gasteiger partial charge in [0, 0.05) is 62.8 Å². The Morgan fingerprint density at radius 3 is 2.77 bits per heavy atom. The van der Waals surface area contributed by atoms with Crippen LogP contribution in [0.1, 0.15) is 35.8 Å². The number of thioether (sulfide) groups is 1. The van der Waals surface area contributed by atoms with Crippen molar-refractivity contribution >= 4 is 40.3 Å². The van der Waals surface area contributed by atoms with Crippen LogP contribution < -0.4 is 0 Å². The number of nitrogens with one attached hydrogen (secondary N) is 1. The highest BCUT2D eigenvalue weighted by molar-refractivity contribution is 8.13. The molecule has 6 nitrogen and oxygen atoms in total. The molecular weight excluding hydrogens is 476 g/mol. The van der Waals surface area contributed by atoms with Crippen molar-refractivity contribution in [1.29, 1.82) is 5.41 Å². The average Bonchev–Trinajstić information content (AvgIpc) is 3.21. The van der Waals surface area contributed by atoms with Gasteiger partial charge in [-0.25, -0.2) is 4.98 Å². The van der Waals surface area contributed by atoms with Crippen LogP contribution in [0.4, 0.5) is 0 Å². The molecule has 1 aromatic carbocycles. The Morgan fingerprint density at radius 2 is 2.03 bits per heavy atom. The van der Waals surface area contributed by atoms with Crippen molar-refractivity contribution in [2.45, 2.75) is 32.4 Å². The zero-order valence-corrected chi connectivity index (χ0v) is 21.8. The summed E-state index contributed by atoms with van der Waals surface area (Å²) in [6.07, 6.45) is 16.4. The number of benzene rings is 1. The average molecular weight is 507 g/mol. The Kier molecular flexibility index (Phi) is 7.27. The minimum atomic E-state index is 0.0447. The third-order valence-electron chi connectivity index (χ3n) is 6.99. The van der Waals surface area contributed by atoms with Crippen molar-refractivity contribution in [3.8, 4) is 0 Å². The lowest BCUT2D eigenvalue weighted by Crippen LogP contribution is -2.49. The van der Waals surface area contributed by atoms with Gasteiger partial charge in [-0.3, -0.25) is 15.3 Å². The van der Waals surface area contributed by atoms with Crippen molar-refractivity contribution in [3.63, 3.8) is 0 Å². The molecule has 182 valence electrons. The summed E-state index contributed by atoms with van der Waals surface area (Å²) in [6, 6.07) is 6.35. The maximum atomic E-state index is 8.25. The highest BCUT2D eigenvalue weighted by atomic mass is 35.5. The van der Waals surface area contributed by atoms with Crippen LogP contribution in [0, 0.1) is 12.3 Å². The first-order valence-electron chi connectivity index (χ1n) is 12.1. The lowest BCUT2D eigenvalue weighted by molar-refractivity contribution is 0.148. The van der Waals surface area contributed by atoms with Gasteiger partial charge in [-0.05, 0) is 54.0 Å². The number of rotatable bonds is 3. The van der Waals surface area contributed by atoms with Gasteiger partial charge >= 0.3 is 0 Å². The number of aromatic nitrogens is 2. The summed E-state index contributed by atoms with van der Waals surface area (Å²) in [6.45, 7) is 6.23. The number of halogens is 1. The van der Waals surface area contributed by atoms with Crippen LogP contribution in [0.25, 0.3) is 5.57 Å². The molecule has 2 aliphatic heterocycles. The summed E-state index contributed by atoms with van der Waals surface area (Å²) < 4.78 is 2.19. The van der Waals surface area contributed by atoms with Crippen molar-refractivity contribution < 1.29 is 0 Å². The molecule has 1 atom stereocenters. The predicted octanol–water partition coefficient (Wildman–Crippen LogP) is 5.57. The molecule has 0 spiro atoms. The molecule has 35 heavy (non-hydrogen) atoms. The molecule has 2 aromatic rings. The van der Waals surface area contributed by atoms with Crippen LogP contribution in [0.3, 0.4) is 0 Å². The number of hydrogen-bond acceptors (Lipinski definition) is 5. The first-order valence-corrected chi connectivity index (χ1v) is 13.7. The minimum absolute atomic E-state index is 0.0447. The molecule has 0 radical (unpaired) electrons. The SMILES string of the molecule is CSC(=N)N1CCN(C2C3=C(C=C(Cn4ccnc4C)c4cc(Cl)ccc42)CC=CCC=N3)CC1. The van der Waals surface area contributed by atoms with Gasteiger partial charge in [0.2, 0.25) is 0 Å². The first-order chi connectivity index (χ1) is 17.0. The Balaban J connectivity index is 1.61.